The molecule has 0 saturated carbocycles. The summed E-state index contributed by atoms with van der Waals surface area (Å²) in [4.78, 5) is 23.4. The van der Waals surface area contributed by atoms with Gasteiger partial charge in [-0.2, -0.15) is 0 Å². The molecule has 1 rings (SSSR count). The summed E-state index contributed by atoms with van der Waals surface area (Å²) in [6, 6.07) is 6.20. The Bertz CT molecular complexity index is 655. The van der Waals surface area contributed by atoms with Crippen molar-refractivity contribution in [3.63, 3.8) is 0 Å². The standard InChI is InChI=1S/C15H22N2O4S/c1-5-11(2)16-15(19)10-17(22(4,20)21)14-8-6-7-13(9-14)12(3)18/h6-9,11H,5,10H2,1-4H3,(H,16,19)/t11-/m1/s1. The first kappa shape index (κ1) is 18.2. The lowest BCUT2D eigenvalue weighted by atomic mass is 10.1. The van der Waals surface area contributed by atoms with Gasteiger partial charge in [0.2, 0.25) is 15.9 Å². The fraction of sp³-hybridized carbons (Fsp3) is 0.467. The molecule has 1 aromatic carbocycles. The summed E-state index contributed by atoms with van der Waals surface area (Å²) in [5.41, 5.74) is 0.697. The van der Waals surface area contributed by atoms with Crippen LogP contribution in [0, 0.1) is 0 Å². The largest absolute Gasteiger partial charge is 0.352 e. The Hall–Kier alpha value is -1.89. The van der Waals surface area contributed by atoms with Crippen LogP contribution in [0.15, 0.2) is 24.3 Å². The molecule has 0 fully saturated rings. The molecular formula is C15H22N2O4S. The Morgan fingerprint density at radius 2 is 1.95 bits per heavy atom. The zero-order valence-electron chi connectivity index (χ0n) is 13.3. The number of hydrogen-bond donors (Lipinski definition) is 1. The highest BCUT2D eigenvalue weighted by atomic mass is 32.2. The Balaban J connectivity index is 3.07. The van der Waals surface area contributed by atoms with Gasteiger partial charge in [-0.1, -0.05) is 19.1 Å². The van der Waals surface area contributed by atoms with Gasteiger partial charge in [0.25, 0.3) is 0 Å². The Morgan fingerprint density at radius 1 is 1.32 bits per heavy atom. The average Bonchev–Trinajstić information content (AvgIpc) is 2.43. The lowest BCUT2D eigenvalue weighted by Crippen LogP contribution is -2.43. The number of benzene rings is 1. The van der Waals surface area contributed by atoms with Crippen LogP contribution < -0.4 is 9.62 Å². The SMILES string of the molecule is CC[C@@H](C)NC(=O)CN(c1cccc(C(C)=O)c1)S(C)(=O)=O. The van der Waals surface area contributed by atoms with Crippen molar-refractivity contribution in [1.29, 1.82) is 0 Å². The van der Waals surface area contributed by atoms with E-state index in [1.807, 2.05) is 13.8 Å². The van der Waals surface area contributed by atoms with Crippen LogP contribution in [0.3, 0.4) is 0 Å². The minimum absolute atomic E-state index is 0.0301. The van der Waals surface area contributed by atoms with E-state index in [4.69, 9.17) is 0 Å². The third-order valence-electron chi connectivity index (χ3n) is 3.25. The predicted molar refractivity (Wildman–Crippen MR) is 86.5 cm³/mol. The van der Waals surface area contributed by atoms with E-state index in [1.54, 1.807) is 18.2 Å². The Morgan fingerprint density at radius 3 is 2.45 bits per heavy atom. The number of carbonyl (C=O) groups excluding carboxylic acids is 2. The van der Waals surface area contributed by atoms with Crippen LogP contribution in [0.5, 0.6) is 0 Å². The van der Waals surface area contributed by atoms with Crippen LogP contribution >= 0.6 is 0 Å². The molecule has 1 aromatic rings. The second kappa shape index (κ2) is 7.40. The average molecular weight is 326 g/mol. The van der Waals surface area contributed by atoms with Crippen molar-refractivity contribution in [2.24, 2.45) is 0 Å². The van der Waals surface area contributed by atoms with Gasteiger partial charge >= 0.3 is 0 Å². The van der Waals surface area contributed by atoms with Crippen molar-refractivity contribution in [1.82, 2.24) is 5.32 Å². The fourth-order valence-electron chi connectivity index (χ4n) is 1.83. The normalized spacial score (nSPS) is 12.5. The highest BCUT2D eigenvalue weighted by Crippen LogP contribution is 2.19. The second-order valence-electron chi connectivity index (χ2n) is 5.25. The molecule has 0 aliphatic heterocycles. The van der Waals surface area contributed by atoms with Crippen molar-refractivity contribution in [2.45, 2.75) is 33.2 Å². The van der Waals surface area contributed by atoms with Crippen LogP contribution in [0.2, 0.25) is 0 Å². The third kappa shape index (κ3) is 5.14. The molecule has 1 amide bonds. The van der Waals surface area contributed by atoms with Gasteiger partial charge in [-0.05, 0) is 32.4 Å². The van der Waals surface area contributed by atoms with Crippen molar-refractivity contribution < 1.29 is 18.0 Å². The maximum atomic E-state index is 12.0. The van der Waals surface area contributed by atoms with Crippen LogP contribution in [0.4, 0.5) is 5.69 Å². The number of hydrogen-bond acceptors (Lipinski definition) is 4. The van der Waals surface area contributed by atoms with E-state index in [9.17, 15) is 18.0 Å². The van der Waals surface area contributed by atoms with Gasteiger partial charge < -0.3 is 5.32 Å². The summed E-state index contributed by atoms with van der Waals surface area (Å²) in [7, 11) is -3.64. The topological polar surface area (TPSA) is 83.6 Å². The molecular weight excluding hydrogens is 304 g/mol. The van der Waals surface area contributed by atoms with Crippen LogP contribution in [-0.2, 0) is 14.8 Å². The Labute approximate surface area is 131 Å². The molecule has 22 heavy (non-hydrogen) atoms. The number of anilines is 1. The third-order valence-corrected chi connectivity index (χ3v) is 4.39. The number of nitrogens with one attached hydrogen (secondary N) is 1. The number of carbonyl (C=O) groups is 2. The zero-order chi connectivity index (χ0) is 16.9. The van der Waals surface area contributed by atoms with E-state index >= 15 is 0 Å². The fourth-order valence-corrected chi connectivity index (χ4v) is 2.68. The van der Waals surface area contributed by atoms with Crippen molar-refractivity contribution in [2.75, 3.05) is 17.1 Å². The number of nitrogens with zero attached hydrogens (tertiary/aromatic N) is 1. The van der Waals surface area contributed by atoms with E-state index in [0.717, 1.165) is 17.0 Å². The monoisotopic (exact) mass is 326 g/mol. The maximum absolute atomic E-state index is 12.0. The van der Waals surface area contributed by atoms with Gasteiger partial charge in [-0.3, -0.25) is 13.9 Å². The van der Waals surface area contributed by atoms with E-state index in [0.29, 0.717) is 11.3 Å². The molecule has 7 heteroatoms. The first-order chi connectivity index (χ1) is 10.1. The summed E-state index contributed by atoms with van der Waals surface area (Å²) in [5.74, 6) is -0.549. The van der Waals surface area contributed by atoms with E-state index in [-0.39, 0.29) is 24.3 Å². The molecule has 0 saturated heterocycles. The minimum Gasteiger partial charge on any atom is -0.352 e. The zero-order valence-corrected chi connectivity index (χ0v) is 14.1. The van der Waals surface area contributed by atoms with Gasteiger partial charge in [0, 0.05) is 11.6 Å². The smallest absolute Gasteiger partial charge is 0.240 e. The van der Waals surface area contributed by atoms with Crippen LogP contribution in [-0.4, -0.2) is 39.0 Å². The summed E-state index contributed by atoms with van der Waals surface area (Å²) >= 11 is 0. The summed E-state index contributed by atoms with van der Waals surface area (Å²) in [6.07, 6.45) is 1.79. The molecule has 122 valence electrons. The van der Waals surface area contributed by atoms with Gasteiger partial charge in [0.05, 0.1) is 11.9 Å². The number of sulfonamides is 1. The van der Waals surface area contributed by atoms with E-state index < -0.39 is 10.0 Å². The molecule has 1 N–H and O–H groups in total. The quantitative estimate of drug-likeness (QED) is 0.771. The van der Waals surface area contributed by atoms with E-state index in [1.165, 1.54) is 13.0 Å². The second-order valence-corrected chi connectivity index (χ2v) is 7.16. The van der Waals surface area contributed by atoms with Crippen molar-refractivity contribution >= 4 is 27.4 Å². The highest BCUT2D eigenvalue weighted by molar-refractivity contribution is 7.92. The van der Waals surface area contributed by atoms with Crippen molar-refractivity contribution in [3.8, 4) is 0 Å². The van der Waals surface area contributed by atoms with Crippen molar-refractivity contribution in [3.05, 3.63) is 29.8 Å². The number of rotatable bonds is 7. The van der Waals surface area contributed by atoms with E-state index in [2.05, 4.69) is 5.32 Å². The molecule has 0 aromatic heterocycles. The summed E-state index contributed by atoms with van der Waals surface area (Å²) in [6.45, 7) is 4.86. The lowest BCUT2D eigenvalue weighted by Gasteiger charge is -2.23. The Kier molecular flexibility index (Phi) is 6.11. The van der Waals surface area contributed by atoms with Gasteiger partial charge in [0.1, 0.15) is 6.54 Å². The van der Waals surface area contributed by atoms with Gasteiger partial charge in [-0.15, -0.1) is 0 Å². The molecule has 0 unspecified atom stereocenters. The first-order valence-corrected chi connectivity index (χ1v) is 8.88. The van der Waals surface area contributed by atoms with Crippen LogP contribution in [0.25, 0.3) is 0 Å². The number of ketones is 1. The molecule has 1 atom stereocenters. The lowest BCUT2D eigenvalue weighted by molar-refractivity contribution is -0.120. The number of Topliss-reactive ketones (excluding diaryl/α,β-unsaturated/α-hetero) is 1. The summed E-state index contributed by atoms with van der Waals surface area (Å²) < 4.78 is 24.9. The van der Waals surface area contributed by atoms with Gasteiger partial charge in [-0.25, -0.2) is 8.42 Å². The predicted octanol–water partition coefficient (Wildman–Crippen LogP) is 1.57. The number of amides is 1. The molecule has 0 heterocycles. The minimum atomic E-state index is -3.64. The van der Waals surface area contributed by atoms with Crippen LogP contribution in [0.1, 0.15) is 37.6 Å². The maximum Gasteiger partial charge on any atom is 0.240 e. The molecule has 0 spiro atoms. The van der Waals surface area contributed by atoms with Gasteiger partial charge in [0.15, 0.2) is 5.78 Å². The molecule has 0 bridgehead atoms. The molecule has 6 nitrogen and oxygen atoms in total. The highest BCUT2D eigenvalue weighted by Gasteiger charge is 2.21. The molecule has 0 aliphatic rings. The molecule has 0 radical (unpaired) electrons. The first-order valence-electron chi connectivity index (χ1n) is 7.03. The summed E-state index contributed by atoms with van der Waals surface area (Å²) in [5, 5.41) is 2.73. The molecule has 0 aliphatic carbocycles.